The van der Waals surface area contributed by atoms with Gasteiger partial charge in [0.2, 0.25) is 0 Å². The standard InChI is InChI=1S/C14H19BrN2O3/c1-7(2)11(13(18)19)16-14(20)17-12-8(3)5-10(15)6-9(12)4/h5-7,11H,1-4H3,(H,18,19)(H2,16,17,20). The number of hydrogen-bond acceptors (Lipinski definition) is 2. The molecular weight excluding hydrogens is 324 g/mol. The fraction of sp³-hybridized carbons (Fsp3) is 0.429. The first-order chi connectivity index (χ1) is 9.22. The molecule has 0 bridgehead atoms. The summed E-state index contributed by atoms with van der Waals surface area (Å²) in [6.45, 7) is 7.25. The molecule has 0 spiro atoms. The molecule has 1 unspecified atom stereocenters. The van der Waals surface area contributed by atoms with E-state index in [-0.39, 0.29) is 5.92 Å². The van der Waals surface area contributed by atoms with E-state index in [1.54, 1.807) is 13.8 Å². The maximum atomic E-state index is 11.9. The van der Waals surface area contributed by atoms with Gasteiger partial charge < -0.3 is 15.7 Å². The average Bonchev–Trinajstić information content (AvgIpc) is 2.29. The van der Waals surface area contributed by atoms with Crippen LogP contribution in [0.4, 0.5) is 10.5 Å². The second kappa shape index (κ2) is 6.74. The third kappa shape index (κ3) is 4.23. The molecule has 0 saturated heterocycles. The normalized spacial score (nSPS) is 12.1. The van der Waals surface area contributed by atoms with Crippen molar-refractivity contribution in [2.75, 3.05) is 5.32 Å². The van der Waals surface area contributed by atoms with Gasteiger partial charge in [0, 0.05) is 10.2 Å². The van der Waals surface area contributed by atoms with E-state index in [2.05, 4.69) is 26.6 Å². The maximum Gasteiger partial charge on any atom is 0.326 e. The molecule has 0 aliphatic carbocycles. The molecule has 0 heterocycles. The number of urea groups is 1. The fourth-order valence-electron chi connectivity index (χ4n) is 1.91. The summed E-state index contributed by atoms with van der Waals surface area (Å²) in [5.41, 5.74) is 2.51. The van der Waals surface area contributed by atoms with Gasteiger partial charge in [0.05, 0.1) is 0 Å². The van der Waals surface area contributed by atoms with E-state index in [1.165, 1.54) is 0 Å². The SMILES string of the molecule is Cc1cc(Br)cc(C)c1NC(=O)NC(C(=O)O)C(C)C. The Morgan fingerprint density at radius 2 is 1.70 bits per heavy atom. The van der Waals surface area contributed by atoms with E-state index in [4.69, 9.17) is 5.11 Å². The summed E-state index contributed by atoms with van der Waals surface area (Å²) in [4.78, 5) is 23.0. The van der Waals surface area contributed by atoms with Crippen molar-refractivity contribution in [3.05, 3.63) is 27.7 Å². The first-order valence-corrected chi connectivity index (χ1v) is 7.08. The summed E-state index contributed by atoms with van der Waals surface area (Å²) in [6.07, 6.45) is 0. The smallest absolute Gasteiger partial charge is 0.326 e. The molecule has 20 heavy (non-hydrogen) atoms. The Kier molecular flexibility index (Phi) is 5.56. The highest BCUT2D eigenvalue weighted by molar-refractivity contribution is 9.10. The molecule has 0 radical (unpaired) electrons. The number of carbonyl (C=O) groups is 2. The van der Waals surface area contributed by atoms with Crippen molar-refractivity contribution in [3.63, 3.8) is 0 Å². The molecule has 0 aromatic heterocycles. The molecule has 110 valence electrons. The van der Waals surface area contributed by atoms with Crippen molar-refractivity contribution in [2.24, 2.45) is 5.92 Å². The van der Waals surface area contributed by atoms with E-state index < -0.39 is 18.0 Å². The average molecular weight is 343 g/mol. The number of aliphatic carboxylic acids is 1. The van der Waals surface area contributed by atoms with Crippen LogP contribution >= 0.6 is 15.9 Å². The van der Waals surface area contributed by atoms with Gasteiger partial charge in [0.15, 0.2) is 0 Å². The Labute approximate surface area is 126 Å². The van der Waals surface area contributed by atoms with Crippen LogP contribution in [-0.2, 0) is 4.79 Å². The van der Waals surface area contributed by atoms with Gasteiger partial charge in [-0.2, -0.15) is 0 Å². The minimum absolute atomic E-state index is 0.189. The number of carboxylic acid groups (broad SMARTS) is 1. The second-order valence-electron chi connectivity index (χ2n) is 5.07. The predicted molar refractivity (Wildman–Crippen MR) is 82.0 cm³/mol. The predicted octanol–water partition coefficient (Wildman–Crippen LogP) is 3.30. The van der Waals surface area contributed by atoms with Gasteiger partial charge in [-0.25, -0.2) is 9.59 Å². The van der Waals surface area contributed by atoms with Gasteiger partial charge in [-0.05, 0) is 43.0 Å². The summed E-state index contributed by atoms with van der Waals surface area (Å²) in [6, 6.07) is 2.35. The Bertz CT molecular complexity index is 506. The molecule has 0 aliphatic rings. The summed E-state index contributed by atoms with van der Waals surface area (Å²) in [7, 11) is 0. The highest BCUT2D eigenvalue weighted by Gasteiger charge is 2.23. The van der Waals surface area contributed by atoms with Crippen molar-refractivity contribution < 1.29 is 14.7 Å². The highest BCUT2D eigenvalue weighted by Crippen LogP contribution is 2.25. The molecule has 1 aromatic rings. The van der Waals surface area contributed by atoms with Crippen LogP contribution in [0.25, 0.3) is 0 Å². The number of hydrogen-bond donors (Lipinski definition) is 3. The monoisotopic (exact) mass is 342 g/mol. The van der Waals surface area contributed by atoms with Gasteiger partial charge in [0.25, 0.3) is 0 Å². The molecule has 0 fully saturated rings. The topological polar surface area (TPSA) is 78.4 Å². The van der Waals surface area contributed by atoms with Gasteiger partial charge in [0.1, 0.15) is 6.04 Å². The Hall–Kier alpha value is -1.56. The van der Waals surface area contributed by atoms with Crippen LogP contribution in [0.2, 0.25) is 0 Å². The van der Waals surface area contributed by atoms with Gasteiger partial charge in [-0.3, -0.25) is 0 Å². The Morgan fingerprint density at radius 1 is 1.20 bits per heavy atom. The number of nitrogens with one attached hydrogen (secondary N) is 2. The number of halogens is 1. The number of benzene rings is 1. The zero-order chi connectivity index (χ0) is 15.4. The molecule has 5 nitrogen and oxygen atoms in total. The molecule has 6 heteroatoms. The third-order valence-corrected chi connectivity index (χ3v) is 3.41. The third-order valence-electron chi connectivity index (χ3n) is 2.96. The lowest BCUT2D eigenvalue weighted by atomic mass is 10.1. The van der Waals surface area contributed by atoms with Crippen LogP contribution in [0.1, 0.15) is 25.0 Å². The van der Waals surface area contributed by atoms with E-state index in [0.717, 1.165) is 15.6 Å². The van der Waals surface area contributed by atoms with Crippen LogP contribution < -0.4 is 10.6 Å². The molecule has 0 aliphatic heterocycles. The zero-order valence-corrected chi connectivity index (χ0v) is 13.5. The van der Waals surface area contributed by atoms with Crippen molar-refractivity contribution in [2.45, 2.75) is 33.7 Å². The number of amides is 2. The van der Waals surface area contributed by atoms with Crippen LogP contribution in [0.5, 0.6) is 0 Å². The largest absolute Gasteiger partial charge is 0.480 e. The van der Waals surface area contributed by atoms with Gasteiger partial charge in [-0.1, -0.05) is 29.8 Å². The van der Waals surface area contributed by atoms with E-state index in [1.807, 2.05) is 26.0 Å². The summed E-state index contributed by atoms with van der Waals surface area (Å²) in [5, 5.41) is 14.2. The fourth-order valence-corrected chi connectivity index (χ4v) is 2.60. The summed E-state index contributed by atoms with van der Waals surface area (Å²) in [5.74, 6) is -1.23. The molecule has 1 atom stereocenters. The van der Waals surface area contributed by atoms with E-state index in [0.29, 0.717) is 5.69 Å². The van der Waals surface area contributed by atoms with Gasteiger partial charge >= 0.3 is 12.0 Å². The summed E-state index contributed by atoms with van der Waals surface area (Å²) < 4.78 is 0.934. The van der Waals surface area contributed by atoms with Crippen molar-refractivity contribution in [1.82, 2.24) is 5.32 Å². The zero-order valence-electron chi connectivity index (χ0n) is 12.0. The van der Waals surface area contributed by atoms with Crippen LogP contribution in [-0.4, -0.2) is 23.1 Å². The van der Waals surface area contributed by atoms with Gasteiger partial charge in [-0.15, -0.1) is 0 Å². The first kappa shape index (κ1) is 16.5. The molecule has 0 saturated carbocycles. The number of rotatable bonds is 4. The Balaban J connectivity index is 2.84. The van der Waals surface area contributed by atoms with Crippen molar-refractivity contribution in [1.29, 1.82) is 0 Å². The quantitative estimate of drug-likeness (QED) is 0.785. The number of carbonyl (C=O) groups excluding carboxylic acids is 1. The van der Waals surface area contributed by atoms with Crippen molar-refractivity contribution in [3.8, 4) is 0 Å². The van der Waals surface area contributed by atoms with Crippen LogP contribution in [0.3, 0.4) is 0 Å². The lowest BCUT2D eigenvalue weighted by Gasteiger charge is -2.19. The highest BCUT2D eigenvalue weighted by atomic mass is 79.9. The molecule has 1 aromatic carbocycles. The molecule has 3 N–H and O–H groups in total. The number of carboxylic acids is 1. The minimum atomic E-state index is -1.04. The van der Waals surface area contributed by atoms with E-state index >= 15 is 0 Å². The minimum Gasteiger partial charge on any atom is -0.480 e. The number of anilines is 1. The van der Waals surface area contributed by atoms with Crippen LogP contribution in [0, 0.1) is 19.8 Å². The molecular formula is C14H19BrN2O3. The second-order valence-corrected chi connectivity index (χ2v) is 5.99. The van der Waals surface area contributed by atoms with Crippen molar-refractivity contribution >= 4 is 33.6 Å². The van der Waals surface area contributed by atoms with Crippen LogP contribution in [0.15, 0.2) is 16.6 Å². The Morgan fingerprint density at radius 3 is 2.10 bits per heavy atom. The van der Waals surface area contributed by atoms with E-state index in [9.17, 15) is 9.59 Å². The molecule has 2 amide bonds. The number of aryl methyl sites for hydroxylation is 2. The lowest BCUT2D eigenvalue weighted by Crippen LogP contribution is -2.46. The lowest BCUT2D eigenvalue weighted by molar-refractivity contribution is -0.140. The maximum absolute atomic E-state index is 11.9. The molecule has 1 rings (SSSR count). The first-order valence-electron chi connectivity index (χ1n) is 6.29. The summed E-state index contributed by atoms with van der Waals surface area (Å²) >= 11 is 3.39.